The minimum absolute atomic E-state index is 0.128. The maximum absolute atomic E-state index is 12.6. The van der Waals surface area contributed by atoms with Crippen molar-refractivity contribution in [2.75, 3.05) is 19.8 Å². The Morgan fingerprint density at radius 2 is 1.80 bits per heavy atom. The molecule has 0 bridgehead atoms. The molecule has 5 nitrogen and oxygen atoms in total. The molecule has 0 aromatic heterocycles. The van der Waals surface area contributed by atoms with Crippen LogP contribution in [0.2, 0.25) is 0 Å². The van der Waals surface area contributed by atoms with E-state index in [0.29, 0.717) is 18.8 Å². The van der Waals surface area contributed by atoms with Gasteiger partial charge in [0.25, 0.3) is 5.91 Å². The van der Waals surface area contributed by atoms with Crippen LogP contribution >= 0.6 is 0 Å². The zero-order chi connectivity index (χ0) is 17.2. The lowest BCUT2D eigenvalue weighted by Crippen LogP contribution is -2.31. The van der Waals surface area contributed by atoms with Crippen molar-refractivity contribution in [2.45, 2.75) is 13.0 Å². The van der Waals surface area contributed by atoms with Gasteiger partial charge in [-0.15, -0.1) is 0 Å². The number of fused-ring (bicyclic) bond motifs is 2. The summed E-state index contributed by atoms with van der Waals surface area (Å²) < 4.78 is 16.8. The maximum Gasteiger partial charge on any atom is 0.251 e. The largest absolute Gasteiger partial charge is 0.488 e. The Kier molecular flexibility index (Phi) is 4.06. The summed E-state index contributed by atoms with van der Waals surface area (Å²) >= 11 is 0. The number of para-hydroxylation sites is 1. The normalized spacial score (nSPS) is 16.1. The number of amides is 1. The third-order valence-electron chi connectivity index (χ3n) is 4.34. The summed E-state index contributed by atoms with van der Waals surface area (Å²) in [5.74, 6) is 2.14. The topological polar surface area (TPSA) is 56.8 Å². The van der Waals surface area contributed by atoms with Gasteiger partial charge >= 0.3 is 0 Å². The molecule has 25 heavy (non-hydrogen) atoms. The highest BCUT2D eigenvalue weighted by molar-refractivity contribution is 5.99. The second-order valence-electron chi connectivity index (χ2n) is 6.09. The molecule has 1 N–H and O–H groups in total. The molecule has 0 radical (unpaired) electrons. The number of rotatable bonds is 3. The summed E-state index contributed by atoms with van der Waals surface area (Å²) in [6.45, 7) is 3.33. The van der Waals surface area contributed by atoms with Gasteiger partial charge in [0.05, 0.1) is 11.6 Å². The monoisotopic (exact) mass is 337 g/mol. The average Bonchev–Trinajstić information content (AvgIpc) is 2.67. The Hall–Kier alpha value is -2.95. The Morgan fingerprint density at radius 1 is 1.00 bits per heavy atom. The third kappa shape index (κ3) is 3.18. The van der Waals surface area contributed by atoms with Gasteiger partial charge in [0.1, 0.15) is 25.6 Å². The Morgan fingerprint density at radius 3 is 2.68 bits per heavy atom. The van der Waals surface area contributed by atoms with E-state index in [1.54, 1.807) is 0 Å². The minimum atomic E-state index is -0.151. The molecule has 2 aromatic carbocycles. The molecule has 5 heteroatoms. The van der Waals surface area contributed by atoms with E-state index in [4.69, 9.17) is 14.2 Å². The first-order valence-corrected chi connectivity index (χ1v) is 8.33. The lowest BCUT2D eigenvalue weighted by molar-refractivity contribution is -0.118. The third-order valence-corrected chi connectivity index (χ3v) is 4.34. The molecule has 2 aliphatic rings. The summed E-state index contributed by atoms with van der Waals surface area (Å²) in [5.41, 5.74) is 2.50. The fourth-order valence-electron chi connectivity index (χ4n) is 2.95. The Balaban J connectivity index is 1.48. The molecule has 0 fully saturated rings. The number of nitrogens with one attached hydrogen (secondary N) is 1. The van der Waals surface area contributed by atoms with Gasteiger partial charge in [0.2, 0.25) is 0 Å². The zero-order valence-corrected chi connectivity index (χ0v) is 14.0. The van der Waals surface area contributed by atoms with Gasteiger partial charge in [-0.1, -0.05) is 24.3 Å². The van der Waals surface area contributed by atoms with E-state index in [1.165, 1.54) is 0 Å². The number of benzene rings is 2. The van der Waals surface area contributed by atoms with Crippen LogP contribution in [0.15, 0.2) is 48.0 Å². The van der Waals surface area contributed by atoms with E-state index >= 15 is 0 Å². The van der Waals surface area contributed by atoms with Crippen molar-refractivity contribution in [2.24, 2.45) is 0 Å². The summed E-state index contributed by atoms with van der Waals surface area (Å²) in [6, 6.07) is 13.3. The Bertz CT molecular complexity index is 843. The van der Waals surface area contributed by atoms with Crippen molar-refractivity contribution >= 4 is 12.0 Å². The predicted molar refractivity (Wildman–Crippen MR) is 93.9 cm³/mol. The van der Waals surface area contributed by atoms with Gasteiger partial charge in [-0.2, -0.15) is 0 Å². The summed E-state index contributed by atoms with van der Waals surface area (Å²) in [5, 5.41) is 3.02. The molecule has 2 heterocycles. The van der Waals surface area contributed by atoms with Gasteiger partial charge in [-0.05, 0) is 36.8 Å². The van der Waals surface area contributed by atoms with Crippen LogP contribution < -0.4 is 19.5 Å². The van der Waals surface area contributed by atoms with Crippen LogP contribution in [0.3, 0.4) is 0 Å². The molecule has 4 rings (SSSR count). The van der Waals surface area contributed by atoms with Gasteiger partial charge in [0.15, 0.2) is 11.5 Å². The fourth-order valence-corrected chi connectivity index (χ4v) is 2.95. The van der Waals surface area contributed by atoms with Crippen LogP contribution in [-0.2, 0) is 4.79 Å². The average molecular weight is 337 g/mol. The molecule has 2 aromatic rings. The fraction of sp³-hybridized carbons (Fsp3) is 0.250. The molecule has 128 valence electrons. The van der Waals surface area contributed by atoms with Crippen molar-refractivity contribution in [3.63, 3.8) is 0 Å². The van der Waals surface area contributed by atoms with Crippen LogP contribution in [0, 0.1) is 0 Å². The molecule has 0 spiro atoms. The van der Waals surface area contributed by atoms with Gasteiger partial charge in [-0.3, -0.25) is 4.79 Å². The molecular formula is C20H19NO4. The number of ether oxygens (including phenoxy) is 3. The van der Waals surface area contributed by atoms with Crippen LogP contribution in [-0.4, -0.2) is 25.7 Å². The summed E-state index contributed by atoms with van der Waals surface area (Å²) in [4.78, 5) is 12.6. The van der Waals surface area contributed by atoms with E-state index in [0.717, 1.165) is 28.4 Å². The lowest BCUT2D eigenvalue weighted by atomic mass is 10.0. The van der Waals surface area contributed by atoms with E-state index in [9.17, 15) is 4.79 Å². The lowest BCUT2D eigenvalue weighted by Gasteiger charge is -2.22. The van der Waals surface area contributed by atoms with Gasteiger partial charge in [-0.25, -0.2) is 0 Å². The van der Waals surface area contributed by atoms with Crippen molar-refractivity contribution in [1.29, 1.82) is 0 Å². The first kappa shape index (κ1) is 15.6. The van der Waals surface area contributed by atoms with E-state index in [2.05, 4.69) is 5.32 Å². The van der Waals surface area contributed by atoms with Gasteiger partial charge in [0, 0.05) is 5.56 Å². The highest BCUT2D eigenvalue weighted by atomic mass is 16.6. The molecule has 0 unspecified atom stereocenters. The standard InChI is InChI=1S/C20H19NO4/c1-13(14-6-7-18-19(11-14)24-9-8-23-18)21-20(22)16-10-15-4-2-3-5-17(15)25-12-16/h2-7,10-11,13H,8-9,12H2,1H3,(H,21,22)/t13-/m1/s1. The first-order chi connectivity index (χ1) is 12.2. The molecule has 2 aliphatic heterocycles. The smallest absolute Gasteiger partial charge is 0.251 e. The SMILES string of the molecule is C[C@@H](NC(=O)C1=Cc2ccccc2OC1)c1ccc2c(c1)OCCO2. The predicted octanol–water partition coefficient (Wildman–Crippen LogP) is 3.11. The number of carbonyl (C=O) groups is 1. The van der Waals surface area contributed by atoms with Crippen LogP contribution in [0.5, 0.6) is 17.2 Å². The minimum Gasteiger partial charge on any atom is -0.488 e. The molecule has 0 saturated heterocycles. The number of hydrogen-bond acceptors (Lipinski definition) is 4. The second-order valence-corrected chi connectivity index (χ2v) is 6.09. The van der Waals surface area contributed by atoms with E-state index in [-0.39, 0.29) is 18.6 Å². The first-order valence-electron chi connectivity index (χ1n) is 8.33. The van der Waals surface area contributed by atoms with Crippen LogP contribution in [0.4, 0.5) is 0 Å². The summed E-state index contributed by atoms with van der Waals surface area (Å²) in [7, 11) is 0. The van der Waals surface area contributed by atoms with Crippen molar-refractivity contribution in [3.05, 3.63) is 59.2 Å². The van der Waals surface area contributed by atoms with E-state index in [1.807, 2.05) is 55.5 Å². The maximum atomic E-state index is 12.6. The van der Waals surface area contributed by atoms with Crippen molar-refractivity contribution in [3.8, 4) is 17.2 Å². The molecule has 1 atom stereocenters. The number of carbonyl (C=O) groups excluding carboxylic acids is 1. The highest BCUT2D eigenvalue weighted by Crippen LogP contribution is 2.33. The van der Waals surface area contributed by atoms with E-state index < -0.39 is 0 Å². The van der Waals surface area contributed by atoms with Gasteiger partial charge < -0.3 is 19.5 Å². The van der Waals surface area contributed by atoms with Crippen molar-refractivity contribution in [1.82, 2.24) is 5.32 Å². The van der Waals surface area contributed by atoms with Crippen LogP contribution in [0.25, 0.3) is 6.08 Å². The van der Waals surface area contributed by atoms with Crippen molar-refractivity contribution < 1.29 is 19.0 Å². The number of hydrogen-bond donors (Lipinski definition) is 1. The second kappa shape index (κ2) is 6.51. The van der Waals surface area contributed by atoms with Crippen LogP contribution in [0.1, 0.15) is 24.1 Å². The highest BCUT2D eigenvalue weighted by Gasteiger charge is 2.20. The quantitative estimate of drug-likeness (QED) is 0.935. The molecular weight excluding hydrogens is 318 g/mol. The summed E-state index contributed by atoms with van der Waals surface area (Å²) in [6.07, 6.45) is 1.88. The molecule has 0 aliphatic carbocycles. The molecule has 0 saturated carbocycles. The Labute approximate surface area is 146 Å². The molecule has 1 amide bonds. The zero-order valence-electron chi connectivity index (χ0n) is 14.0.